The van der Waals surface area contributed by atoms with E-state index in [1.165, 1.54) is 5.69 Å². The Hall–Kier alpha value is -2.29. The van der Waals surface area contributed by atoms with Crippen molar-refractivity contribution in [3.05, 3.63) is 48.0 Å². The first-order valence-electron chi connectivity index (χ1n) is 10.4. The predicted octanol–water partition coefficient (Wildman–Crippen LogP) is 2.75. The molecule has 2 fully saturated rings. The predicted molar refractivity (Wildman–Crippen MR) is 105 cm³/mol. The van der Waals surface area contributed by atoms with Crippen LogP contribution in [-0.4, -0.2) is 57.8 Å². The summed E-state index contributed by atoms with van der Waals surface area (Å²) in [6.45, 7) is 4.23. The third-order valence-electron chi connectivity index (χ3n) is 6.37. The number of aromatic nitrogens is 4. The maximum absolute atomic E-state index is 5.96. The number of ether oxygens (including phenoxy) is 2. The van der Waals surface area contributed by atoms with E-state index in [1.54, 1.807) is 7.11 Å². The molecule has 2 saturated heterocycles. The van der Waals surface area contributed by atoms with Gasteiger partial charge >= 0.3 is 0 Å². The Morgan fingerprint density at radius 1 is 1.21 bits per heavy atom. The normalized spacial score (nSPS) is 21.0. The van der Waals surface area contributed by atoms with Crippen LogP contribution in [0.1, 0.15) is 49.0 Å². The van der Waals surface area contributed by atoms with Crippen LogP contribution in [0.4, 0.5) is 0 Å². The van der Waals surface area contributed by atoms with Crippen LogP contribution in [0.2, 0.25) is 0 Å². The molecule has 2 aliphatic heterocycles. The highest BCUT2D eigenvalue weighted by molar-refractivity contribution is 5.39. The SMILES string of the molecule is COC1(c2nc(C3CCOCC3)no2)CCN(Cc2cccc3nccn23)CC1. The van der Waals surface area contributed by atoms with Gasteiger partial charge in [-0.15, -0.1) is 0 Å². The fourth-order valence-corrected chi connectivity index (χ4v) is 4.48. The van der Waals surface area contributed by atoms with Crippen LogP contribution >= 0.6 is 0 Å². The summed E-state index contributed by atoms with van der Waals surface area (Å²) in [5.74, 6) is 1.75. The molecule has 0 spiro atoms. The molecule has 0 unspecified atom stereocenters. The van der Waals surface area contributed by atoms with Gasteiger partial charge in [-0.3, -0.25) is 4.90 Å². The fraction of sp³-hybridized carbons (Fsp3) is 0.571. The van der Waals surface area contributed by atoms with Crippen molar-refractivity contribution in [2.75, 3.05) is 33.4 Å². The van der Waals surface area contributed by atoms with E-state index in [4.69, 9.17) is 19.0 Å². The molecular formula is C21H27N5O3. The highest BCUT2D eigenvalue weighted by Crippen LogP contribution is 2.37. The van der Waals surface area contributed by atoms with E-state index in [2.05, 4.69) is 31.6 Å². The number of hydrogen-bond acceptors (Lipinski definition) is 7. The van der Waals surface area contributed by atoms with Gasteiger partial charge in [0.2, 0.25) is 0 Å². The van der Waals surface area contributed by atoms with Gasteiger partial charge in [-0.25, -0.2) is 4.98 Å². The van der Waals surface area contributed by atoms with Crippen molar-refractivity contribution in [1.29, 1.82) is 0 Å². The fourth-order valence-electron chi connectivity index (χ4n) is 4.48. The number of hydrogen-bond donors (Lipinski definition) is 0. The maximum Gasteiger partial charge on any atom is 0.258 e. The van der Waals surface area contributed by atoms with Gasteiger partial charge in [0.1, 0.15) is 11.2 Å². The summed E-state index contributed by atoms with van der Waals surface area (Å²) in [6, 6.07) is 6.25. The molecule has 0 atom stereocenters. The topological polar surface area (TPSA) is 77.9 Å². The first kappa shape index (κ1) is 18.7. The monoisotopic (exact) mass is 397 g/mol. The molecular weight excluding hydrogens is 370 g/mol. The summed E-state index contributed by atoms with van der Waals surface area (Å²) in [6.07, 6.45) is 7.43. The van der Waals surface area contributed by atoms with E-state index in [0.717, 1.165) is 70.0 Å². The summed E-state index contributed by atoms with van der Waals surface area (Å²) >= 11 is 0. The molecule has 3 aromatic heterocycles. The summed E-state index contributed by atoms with van der Waals surface area (Å²) in [4.78, 5) is 11.6. The van der Waals surface area contributed by atoms with Gasteiger partial charge in [0, 0.05) is 64.0 Å². The van der Waals surface area contributed by atoms with Crippen molar-refractivity contribution in [1.82, 2.24) is 24.4 Å². The molecule has 2 aliphatic rings. The molecule has 8 heteroatoms. The molecule has 0 aromatic carbocycles. The quantitative estimate of drug-likeness (QED) is 0.655. The Kier molecular flexibility index (Phi) is 5.07. The third-order valence-corrected chi connectivity index (χ3v) is 6.37. The molecule has 3 aromatic rings. The largest absolute Gasteiger partial charge is 0.381 e. The van der Waals surface area contributed by atoms with E-state index < -0.39 is 5.60 Å². The number of likely N-dealkylation sites (tertiary alicyclic amines) is 1. The second-order valence-electron chi connectivity index (χ2n) is 7.99. The zero-order valence-corrected chi connectivity index (χ0v) is 16.8. The zero-order chi connectivity index (χ0) is 19.7. The molecule has 0 N–H and O–H groups in total. The first-order valence-corrected chi connectivity index (χ1v) is 10.4. The minimum atomic E-state index is -0.492. The number of nitrogens with zero attached hydrogens (tertiary/aromatic N) is 5. The van der Waals surface area contributed by atoms with Crippen LogP contribution in [0.3, 0.4) is 0 Å². The van der Waals surface area contributed by atoms with Gasteiger partial charge in [-0.1, -0.05) is 11.2 Å². The molecule has 5 rings (SSSR count). The summed E-state index contributed by atoms with van der Waals surface area (Å²) in [7, 11) is 1.75. The number of rotatable bonds is 5. The van der Waals surface area contributed by atoms with Crippen molar-refractivity contribution >= 4 is 5.65 Å². The Balaban J connectivity index is 1.27. The minimum Gasteiger partial charge on any atom is -0.381 e. The number of piperidine rings is 1. The van der Waals surface area contributed by atoms with Gasteiger partial charge in [0.05, 0.1) is 0 Å². The van der Waals surface area contributed by atoms with Crippen molar-refractivity contribution in [2.45, 2.75) is 43.7 Å². The first-order chi connectivity index (χ1) is 14.3. The van der Waals surface area contributed by atoms with Gasteiger partial charge in [0.25, 0.3) is 5.89 Å². The molecule has 5 heterocycles. The van der Waals surface area contributed by atoms with Crippen molar-refractivity contribution in [2.24, 2.45) is 0 Å². The summed E-state index contributed by atoms with van der Waals surface area (Å²) in [5.41, 5.74) is 1.73. The third kappa shape index (κ3) is 3.56. The van der Waals surface area contributed by atoms with Crippen molar-refractivity contribution < 1.29 is 14.0 Å². The molecule has 0 amide bonds. The average Bonchev–Trinajstić information content (AvgIpc) is 3.46. The lowest BCUT2D eigenvalue weighted by Crippen LogP contribution is -2.43. The lowest BCUT2D eigenvalue weighted by atomic mass is 9.90. The summed E-state index contributed by atoms with van der Waals surface area (Å²) in [5, 5.41) is 4.28. The number of methoxy groups -OCH3 is 1. The van der Waals surface area contributed by atoms with Crippen molar-refractivity contribution in [3.8, 4) is 0 Å². The van der Waals surface area contributed by atoms with Crippen molar-refractivity contribution in [3.63, 3.8) is 0 Å². The van der Waals surface area contributed by atoms with Crippen LogP contribution in [0.25, 0.3) is 5.65 Å². The van der Waals surface area contributed by atoms with Gasteiger partial charge in [0.15, 0.2) is 5.82 Å². The number of imidazole rings is 1. The van der Waals surface area contributed by atoms with Crippen LogP contribution in [0.5, 0.6) is 0 Å². The van der Waals surface area contributed by atoms with Gasteiger partial charge in [-0.2, -0.15) is 4.98 Å². The van der Waals surface area contributed by atoms with E-state index in [-0.39, 0.29) is 0 Å². The Morgan fingerprint density at radius 2 is 2.03 bits per heavy atom. The Bertz CT molecular complexity index is 954. The average molecular weight is 397 g/mol. The smallest absolute Gasteiger partial charge is 0.258 e. The molecule has 0 radical (unpaired) electrons. The highest BCUT2D eigenvalue weighted by atomic mass is 16.5. The molecule has 0 bridgehead atoms. The van der Waals surface area contributed by atoms with E-state index >= 15 is 0 Å². The molecule has 0 saturated carbocycles. The van der Waals surface area contributed by atoms with Crippen LogP contribution in [0, 0.1) is 0 Å². The van der Waals surface area contributed by atoms with Crippen LogP contribution < -0.4 is 0 Å². The van der Waals surface area contributed by atoms with Gasteiger partial charge in [-0.05, 0) is 37.8 Å². The second kappa shape index (κ2) is 7.85. The van der Waals surface area contributed by atoms with Crippen LogP contribution in [0.15, 0.2) is 35.1 Å². The highest BCUT2D eigenvalue weighted by Gasteiger charge is 2.42. The standard InChI is InChI=1S/C21H27N5O3/c1-27-21(20-23-19(24-29-20)16-5-13-28-14-6-16)7-10-25(11-8-21)15-17-3-2-4-18-22-9-12-26(17)18/h2-4,9,12,16H,5-8,10-11,13-15H2,1H3. The minimum absolute atomic E-state index is 0.325. The zero-order valence-electron chi connectivity index (χ0n) is 16.8. The molecule has 8 nitrogen and oxygen atoms in total. The maximum atomic E-state index is 5.96. The lowest BCUT2D eigenvalue weighted by molar-refractivity contribution is -0.0840. The van der Waals surface area contributed by atoms with E-state index in [1.807, 2.05) is 18.5 Å². The second-order valence-corrected chi connectivity index (χ2v) is 7.99. The van der Waals surface area contributed by atoms with E-state index in [9.17, 15) is 0 Å². The molecule has 29 heavy (non-hydrogen) atoms. The summed E-state index contributed by atoms with van der Waals surface area (Å²) < 4.78 is 19.2. The Labute approximate surface area is 169 Å². The lowest BCUT2D eigenvalue weighted by Gasteiger charge is -2.38. The molecule has 0 aliphatic carbocycles. The Morgan fingerprint density at radius 3 is 2.83 bits per heavy atom. The van der Waals surface area contributed by atoms with Crippen LogP contribution in [-0.2, 0) is 21.6 Å². The number of fused-ring (bicyclic) bond motifs is 1. The molecule has 154 valence electrons. The van der Waals surface area contributed by atoms with E-state index in [0.29, 0.717) is 11.8 Å². The number of pyridine rings is 1. The van der Waals surface area contributed by atoms with Gasteiger partial charge < -0.3 is 18.4 Å².